The summed E-state index contributed by atoms with van der Waals surface area (Å²) in [6.45, 7) is 0. The molecule has 1 saturated carbocycles. The largest absolute Gasteiger partial charge is 0.391 e. The molecule has 0 unspecified atom stereocenters. The van der Waals surface area contributed by atoms with Crippen molar-refractivity contribution >= 4 is 24.0 Å². The average molecular weight is 298 g/mol. The summed E-state index contributed by atoms with van der Waals surface area (Å²) in [6.07, 6.45) is 1.83. The summed E-state index contributed by atoms with van der Waals surface area (Å²) in [5.41, 5.74) is 5.44. The highest BCUT2D eigenvalue weighted by Crippen LogP contribution is 2.35. The molecule has 0 aromatic heterocycles. The molecule has 1 fully saturated rings. The Hall–Kier alpha value is -0.420. The van der Waals surface area contributed by atoms with Crippen molar-refractivity contribution in [2.45, 2.75) is 31.4 Å². The average Bonchev–Trinajstić information content (AvgIpc) is 2.12. The van der Waals surface area contributed by atoms with E-state index in [9.17, 15) is 13.9 Å². The van der Waals surface area contributed by atoms with Gasteiger partial charge in [-0.2, -0.15) is 0 Å². The van der Waals surface area contributed by atoms with E-state index in [0.717, 1.165) is 31.4 Å². The van der Waals surface area contributed by atoms with Crippen molar-refractivity contribution in [3.8, 4) is 0 Å². The Morgan fingerprint density at radius 2 is 1.78 bits per heavy atom. The monoisotopic (exact) mass is 297 g/mol. The van der Waals surface area contributed by atoms with Crippen molar-refractivity contribution in [1.82, 2.24) is 0 Å². The van der Waals surface area contributed by atoms with Gasteiger partial charge in [0.1, 0.15) is 11.6 Å². The second-order valence-corrected chi connectivity index (χ2v) is 4.93. The zero-order chi connectivity index (χ0) is 12.6. The summed E-state index contributed by atoms with van der Waals surface area (Å²) in [6, 6.07) is 0.971. The van der Waals surface area contributed by atoms with Gasteiger partial charge in [0.25, 0.3) is 0 Å². The van der Waals surface area contributed by atoms with Crippen LogP contribution in [0, 0.1) is 17.6 Å². The Kier molecular flexibility index (Phi) is 5.34. The second-order valence-electron chi connectivity index (χ2n) is 4.49. The molecule has 2 rings (SSSR count). The molecule has 2 atom stereocenters. The standard InChI is InChI=1S/C12H14ClF2NO.ClH/c13-7-4-8(14)10(9(15)5-7)11(16)12(17)6-2-1-3-6;/h4-6,11-12,17H,1-3,16H2;1H/t11-,12+;/m0./s1. The van der Waals surface area contributed by atoms with Crippen LogP contribution in [0.25, 0.3) is 0 Å². The molecule has 1 aliphatic carbocycles. The van der Waals surface area contributed by atoms with Crippen LogP contribution in [0.3, 0.4) is 0 Å². The Morgan fingerprint density at radius 1 is 1.28 bits per heavy atom. The van der Waals surface area contributed by atoms with Gasteiger partial charge >= 0.3 is 0 Å². The fourth-order valence-corrected chi connectivity index (χ4v) is 2.31. The van der Waals surface area contributed by atoms with Crippen LogP contribution in [-0.4, -0.2) is 11.2 Å². The maximum Gasteiger partial charge on any atom is 0.132 e. The maximum atomic E-state index is 13.6. The van der Waals surface area contributed by atoms with Gasteiger partial charge in [-0.15, -0.1) is 12.4 Å². The summed E-state index contributed by atoms with van der Waals surface area (Å²) >= 11 is 5.52. The smallest absolute Gasteiger partial charge is 0.132 e. The van der Waals surface area contributed by atoms with E-state index in [-0.39, 0.29) is 28.9 Å². The lowest BCUT2D eigenvalue weighted by Crippen LogP contribution is -2.37. The van der Waals surface area contributed by atoms with Crippen molar-refractivity contribution < 1.29 is 13.9 Å². The quantitative estimate of drug-likeness (QED) is 0.900. The van der Waals surface area contributed by atoms with E-state index < -0.39 is 23.8 Å². The van der Waals surface area contributed by atoms with Crippen LogP contribution < -0.4 is 5.73 Å². The van der Waals surface area contributed by atoms with E-state index in [2.05, 4.69) is 0 Å². The number of nitrogens with two attached hydrogens (primary N) is 1. The van der Waals surface area contributed by atoms with Gasteiger partial charge in [0.05, 0.1) is 12.1 Å². The van der Waals surface area contributed by atoms with Gasteiger partial charge in [0.2, 0.25) is 0 Å². The molecular formula is C12H15Cl2F2NO. The first-order chi connectivity index (χ1) is 8.00. The van der Waals surface area contributed by atoms with Crippen molar-refractivity contribution in [2.24, 2.45) is 11.7 Å². The molecule has 0 spiro atoms. The molecule has 2 nitrogen and oxygen atoms in total. The van der Waals surface area contributed by atoms with Gasteiger partial charge in [-0.25, -0.2) is 8.78 Å². The van der Waals surface area contributed by atoms with E-state index in [1.165, 1.54) is 0 Å². The number of hydrogen-bond acceptors (Lipinski definition) is 2. The number of aliphatic hydroxyl groups excluding tert-OH is 1. The molecule has 1 aromatic carbocycles. The fraction of sp³-hybridized carbons (Fsp3) is 0.500. The highest BCUT2D eigenvalue weighted by atomic mass is 35.5. The summed E-state index contributed by atoms with van der Waals surface area (Å²) in [4.78, 5) is 0. The van der Waals surface area contributed by atoms with Crippen LogP contribution in [0.15, 0.2) is 12.1 Å². The van der Waals surface area contributed by atoms with Gasteiger partial charge in [0.15, 0.2) is 0 Å². The van der Waals surface area contributed by atoms with Gasteiger partial charge in [-0.3, -0.25) is 0 Å². The minimum absolute atomic E-state index is 0. The zero-order valence-electron chi connectivity index (χ0n) is 9.57. The van der Waals surface area contributed by atoms with Crippen molar-refractivity contribution in [2.75, 3.05) is 0 Å². The Balaban J connectivity index is 0.00000162. The third-order valence-electron chi connectivity index (χ3n) is 3.38. The molecular weight excluding hydrogens is 283 g/mol. The topological polar surface area (TPSA) is 46.2 Å². The number of halogens is 4. The lowest BCUT2D eigenvalue weighted by atomic mass is 9.77. The minimum atomic E-state index is -1.04. The van der Waals surface area contributed by atoms with Crippen LogP contribution >= 0.6 is 24.0 Å². The third kappa shape index (κ3) is 2.94. The van der Waals surface area contributed by atoms with E-state index in [0.29, 0.717) is 0 Å². The van der Waals surface area contributed by atoms with Crippen LogP contribution in [0.1, 0.15) is 30.9 Å². The van der Waals surface area contributed by atoms with Gasteiger partial charge in [-0.05, 0) is 30.9 Å². The van der Waals surface area contributed by atoms with Gasteiger partial charge in [0, 0.05) is 10.6 Å². The van der Waals surface area contributed by atoms with Crippen LogP contribution in [0.4, 0.5) is 8.78 Å². The summed E-state index contributed by atoms with van der Waals surface area (Å²) in [5.74, 6) is -1.57. The van der Waals surface area contributed by atoms with Crippen molar-refractivity contribution in [1.29, 1.82) is 0 Å². The van der Waals surface area contributed by atoms with E-state index in [4.69, 9.17) is 17.3 Å². The Morgan fingerprint density at radius 3 is 2.17 bits per heavy atom. The first-order valence-electron chi connectivity index (χ1n) is 5.59. The van der Waals surface area contributed by atoms with Crippen molar-refractivity contribution in [3.63, 3.8) is 0 Å². The Bertz CT molecular complexity index is 404. The second kappa shape index (κ2) is 6.15. The number of benzene rings is 1. The molecule has 102 valence electrons. The molecule has 0 heterocycles. The number of aliphatic hydroxyl groups is 1. The molecule has 0 saturated heterocycles. The summed E-state index contributed by atoms with van der Waals surface area (Å²) < 4.78 is 27.2. The first-order valence-corrected chi connectivity index (χ1v) is 5.96. The maximum absolute atomic E-state index is 13.6. The molecule has 6 heteroatoms. The predicted octanol–water partition coefficient (Wildman–Crippen LogP) is 3.20. The lowest BCUT2D eigenvalue weighted by Gasteiger charge is -2.34. The summed E-state index contributed by atoms with van der Waals surface area (Å²) in [7, 11) is 0. The SMILES string of the molecule is Cl.N[C@@H](c1c(F)cc(Cl)cc1F)[C@H](O)C1CCC1. The van der Waals surface area contributed by atoms with Crippen LogP contribution in [0.5, 0.6) is 0 Å². The minimum Gasteiger partial charge on any atom is -0.391 e. The summed E-state index contributed by atoms with van der Waals surface area (Å²) in [5, 5.41) is 9.90. The third-order valence-corrected chi connectivity index (χ3v) is 3.60. The van der Waals surface area contributed by atoms with E-state index in [1.54, 1.807) is 0 Å². The molecule has 18 heavy (non-hydrogen) atoms. The lowest BCUT2D eigenvalue weighted by molar-refractivity contribution is 0.0395. The number of rotatable bonds is 3. The highest BCUT2D eigenvalue weighted by molar-refractivity contribution is 6.30. The highest BCUT2D eigenvalue weighted by Gasteiger charge is 2.33. The van der Waals surface area contributed by atoms with Crippen molar-refractivity contribution in [3.05, 3.63) is 34.4 Å². The zero-order valence-corrected chi connectivity index (χ0v) is 11.1. The van der Waals surface area contributed by atoms with Crippen LogP contribution in [-0.2, 0) is 0 Å². The predicted molar refractivity (Wildman–Crippen MR) is 68.9 cm³/mol. The first kappa shape index (κ1) is 15.6. The van der Waals surface area contributed by atoms with E-state index in [1.807, 2.05) is 0 Å². The normalized spacial score (nSPS) is 18.7. The fourth-order valence-electron chi connectivity index (χ4n) is 2.12. The molecule has 1 aliphatic rings. The molecule has 3 N–H and O–H groups in total. The van der Waals surface area contributed by atoms with Gasteiger partial charge < -0.3 is 10.8 Å². The molecule has 0 amide bonds. The molecule has 0 radical (unpaired) electrons. The number of hydrogen-bond donors (Lipinski definition) is 2. The van der Waals surface area contributed by atoms with Gasteiger partial charge in [-0.1, -0.05) is 18.0 Å². The molecule has 1 aromatic rings. The van der Waals surface area contributed by atoms with Crippen LogP contribution in [0.2, 0.25) is 5.02 Å². The molecule has 0 bridgehead atoms. The van der Waals surface area contributed by atoms with E-state index >= 15 is 0 Å². The molecule has 0 aliphatic heterocycles. The Labute approximate surface area is 116 Å².